The van der Waals surface area contributed by atoms with Crippen LogP contribution in [0.1, 0.15) is 53.9 Å². The number of aliphatic hydroxyl groups is 1. The van der Waals surface area contributed by atoms with E-state index in [0.29, 0.717) is 6.42 Å². The first-order chi connectivity index (χ1) is 7.19. The van der Waals surface area contributed by atoms with Gasteiger partial charge in [-0.3, -0.25) is 4.90 Å². The Morgan fingerprint density at radius 2 is 1.75 bits per heavy atom. The van der Waals surface area contributed by atoms with E-state index in [1.54, 1.807) is 0 Å². The summed E-state index contributed by atoms with van der Waals surface area (Å²) in [6, 6.07) is 0. The van der Waals surface area contributed by atoms with Crippen molar-refractivity contribution in [1.82, 2.24) is 4.90 Å². The van der Waals surface area contributed by atoms with Crippen LogP contribution in [0.25, 0.3) is 0 Å². The van der Waals surface area contributed by atoms with Gasteiger partial charge in [-0.2, -0.15) is 0 Å². The van der Waals surface area contributed by atoms with Gasteiger partial charge in [-0.1, -0.05) is 19.8 Å². The van der Waals surface area contributed by atoms with Crippen LogP contribution < -0.4 is 0 Å². The lowest BCUT2D eigenvalue weighted by Gasteiger charge is -2.46. The molecule has 0 bridgehead atoms. The van der Waals surface area contributed by atoms with Crippen LogP contribution in [0.2, 0.25) is 0 Å². The van der Waals surface area contributed by atoms with Gasteiger partial charge in [0.1, 0.15) is 0 Å². The monoisotopic (exact) mass is 231 g/mol. The van der Waals surface area contributed by atoms with E-state index in [1.807, 2.05) is 27.7 Å². The highest BCUT2D eigenvalue weighted by molar-refractivity contribution is 5.67. The van der Waals surface area contributed by atoms with Gasteiger partial charge in [0.25, 0.3) is 0 Å². The third kappa shape index (κ3) is 3.67. The SMILES string of the molecule is CCCC[C@](C)(CO)N(C(=O)O)C(C)(C)C. The molecule has 0 unspecified atom stereocenters. The quantitative estimate of drug-likeness (QED) is 0.764. The minimum atomic E-state index is -0.972. The smallest absolute Gasteiger partial charge is 0.408 e. The number of amides is 1. The Balaban J connectivity index is 5.05. The molecular formula is C12H25NO3. The molecule has 1 atom stereocenters. The Kier molecular flexibility index (Phi) is 5.26. The molecular weight excluding hydrogens is 206 g/mol. The molecule has 4 nitrogen and oxygen atoms in total. The maximum absolute atomic E-state index is 11.3. The second-order valence-corrected chi connectivity index (χ2v) is 5.55. The molecule has 0 aromatic rings. The van der Waals surface area contributed by atoms with Gasteiger partial charge in [-0.25, -0.2) is 4.79 Å². The molecule has 0 saturated heterocycles. The standard InChI is InChI=1S/C12H25NO3/c1-6-7-8-12(5,9-14)13(10(15)16)11(2,3)4/h14H,6-9H2,1-5H3,(H,15,16)/t12-/m1/s1. The van der Waals surface area contributed by atoms with E-state index in [2.05, 4.69) is 6.92 Å². The van der Waals surface area contributed by atoms with Crippen LogP contribution >= 0.6 is 0 Å². The van der Waals surface area contributed by atoms with E-state index in [4.69, 9.17) is 0 Å². The van der Waals surface area contributed by atoms with Gasteiger partial charge in [-0.15, -0.1) is 0 Å². The highest BCUT2D eigenvalue weighted by Gasteiger charge is 2.41. The first-order valence-corrected chi connectivity index (χ1v) is 5.83. The van der Waals surface area contributed by atoms with E-state index >= 15 is 0 Å². The number of rotatable bonds is 5. The maximum atomic E-state index is 11.3. The molecule has 0 aliphatic heterocycles. The van der Waals surface area contributed by atoms with Gasteiger partial charge >= 0.3 is 6.09 Å². The second kappa shape index (κ2) is 5.53. The molecule has 1 amide bonds. The van der Waals surface area contributed by atoms with Crippen molar-refractivity contribution in [3.05, 3.63) is 0 Å². The Labute approximate surface area is 98.3 Å². The summed E-state index contributed by atoms with van der Waals surface area (Å²) >= 11 is 0. The molecule has 0 aliphatic rings. The van der Waals surface area contributed by atoms with Crippen molar-refractivity contribution in [2.75, 3.05) is 6.61 Å². The lowest BCUT2D eigenvalue weighted by atomic mass is 9.89. The number of hydrogen-bond acceptors (Lipinski definition) is 2. The average molecular weight is 231 g/mol. The normalized spacial score (nSPS) is 15.6. The predicted octanol–water partition coefficient (Wildman–Crippen LogP) is 2.71. The lowest BCUT2D eigenvalue weighted by molar-refractivity contribution is -0.0118. The Morgan fingerprint density at radius 3 is 2.00 bits per heavy atom. The highest BCUT2D eigenvalue weighted by atomic mass is 16.4. The van der Waals surface area contributed by atoms with Gasteiger partial charge < -0.3 is 10.2 Å². The van der Waals surface area contributed by atoms with Crippen LogP contribution in [0, 0.1) is 0 Å². The number of aliphatic hydroxyl groups excluding tert-OH is 1. The van der Waals surface area contributed by atoms with Crippen LogP contribution in [0.4, 0.5) is 4.79 Å². The molecule has 16 heavy (non-hydrogen) atoms. The summed E-state index contributed by atoms with van der Waals surface area (Å²) in [5.74, 6) is 0. The van der Waals surface area contributed by atoms with Crippen molar-refractivity contribution >= 4 is 6.09 Å². The fourth-order valence-corrected chi connectivity index (χ4v) is 2.15. The Morgan fingerprint density at radius 1 is 1.25 bits per heavy atom. The minimum absolute atomic E-state index is 0.142. The van der Waals surface area contributed by atoms with Gasteiger partial charge in [0.05, 0.1) is 12.1 Å². The highest BCUT2D eigenvalue weighted by Crippen LogP contribution is 2.29. The number of unbranched alkanes of at least 4 members (excludes halogenated alkanes) is 1. The molecule has 0 heterocycles. The van der Waals surface area contributed by atoms with Crippen LogP contribution in [0.3, 0.4) is 0 Å². The Bertz CT molecular complexity index is 235. The fraction of sp³-hybridized carbons (Fsp3) is 0.917. The van der Waals surface area contributed by atoms with Crippen LogP contribution in [-0.2, 0) is 0 Å². The molecule has 0 aromatic heterocycles. The van der Waals surface area contributed by atoms with Crippen LogP contribution in [0.5, 0.6) is 0 Å². The van der Waals surface area contributed by atoms with Crippen molar-refractivity contribution in [3.8, 4) is 0 Å². The van der Waals surface area contributed by atoms with E-state index in [9.17, 15) is 15.0 Å². The van der Waals surface area contributed by atoms with Gasteiger partial charge in [-0.05, 0) is 34.1 Å². The Hall–Kier alpha value is -0.770. The second-order valence-electron chi connectivity index (χ2n) is 5.55. The molecule has 0 aliphatic carbocycles. The van der Waals surface area contributed by atoms with Crippen molar-refractivity contribution in [2.24, 2.45) is 0 Å². The molecule has 0 aromatic carbocycles. The van der Waals surface area contributed by atoms with Crippen molar-refractivity contribution in [1.29, 1.82) is 0 Å². The van der Waals surface area contributed by atoms with E-state index < -0.39 is 17.2 Å². The van der Waals surface area contributed by atoms with Crippen LogP contribution in [-0.4, -0.2) is 38.9 Å². The largest absolute Gasteiger partial charge is 0.465 e. The average Bonchev–Trinajstić information content (AvgIpc) is 2.11. The summed E-state index contributed by atoms with van der Waals surface area (Å²) in [6.07, 6.45) is 1.62. The summed E-state index contributed by atoms with van der Waals surface area (Å²) in [4.78, 5) is 12.7. The van der Waals surface area contributed by atoms with Crippen molar-refractivity contribution < 1.29 is 15.0 Å². The zero-order valence-electron chi connectivity index (χ0n) is 11.1. The molecule has 0 rings (SSSR count). The number of carboxylic acid groups (broad SMARTS) is 1. The summed E-state index contributed by atoms with van der Waals surface area (Å²) < 4.78 is 0. The van der Waals surface area contributed by atoms with Crippen molar-refractivity contribution in [2.45, 2.75) is 65.0 Å². The summed E-state index contributed by atoms with van der Waals surface area (Å²) in [7, 11) is 0. The van der Waals surface area contributed by atoms with Gasteiger partial charge in [0.2, 0.25) is 0 Å². The molecule has 0 spiro atoms. The predicted molar refractivity (Wildman–Crippen MR) is 64.6 cm³/mol. The number of nitrogens with zero attached hydrogens (tertiary/aromatic N) is 1. The molecule has 0 radical (unpaired) electrons. The first kappa shape index (κ1) is 15.2. The number of carbonyl (C=O) groups is 1. The maximum Gasteiger partial charge on any atom is 0.408 e. The topological polar surface area (TPSA) is 60.8 Å². The van der Waals surface area contributed by atoms with Gasteiger partial charge in [0.15, 0.2) is 0 Å². The zero-order valence-corrected chi connectivity index (χ0v) is 11.1. The third-order valence-electron chi connectivity index (χ3n) is 2.81. The summed E-state index contributed by atoms with van der Waals surface area (Å²) in [6.45, 7) is 9.27. The van der Waals surface area contributed by atoms with E-state index in [0.717, 1.165) is 12.8 Å². The van der Waals surface area contributed by atoms with Crippen LogP contribution in [0.15, 0.2) is 0 Å². The first-order valence-electron chi connectivity index (χ1n) is 5.83. The minimum Gasteiger partial charge on any atom is -0.465 e. The summed E-state index contributed by atoms with van der Waals surface area (Å²) in [5, 5.41) is 18.8. The molecule has 2 N–H and O–H groups in total. The fourth-order valence-electron chi connectivity index (χ4n) is 2.15. The number of hydrogen-bond donors (Lipinski definition) is 2. The van der Waals surface area contributed by atoms with E-state index in [1.165, 1.54) is 4.90 Å². The van der Waals surface area contributed by atoms with E-state index in [-0.39, 0.29) is 6.61 Å². The third-order valence-corrected chi connectivity index (χ3v) is 2.81. The van der Waals surface area contributed by atoms with Crippen molar-refractivity contribution in [3.63, 3.8) is 0 Å². The molecule has 0 saturated carbocycles. The molecule has 0 fully saturated rings. The lowest BCUT2D eigenvalue weighted by Crippen LogP contribution is -2.59. The zero-order chi connectivity index (χ0) is 13.0. The molecule has 4 heteroatoms. The summed E-state index contributed by atoms with van der Waals surface area (Å²) in [5.41, 5.74) is -1.20. The van der Waals surface area contributed by atoms with Gasteiger partial charge in [0, 0.05) is 5.54 Å². The molecule has 96 valence electrons.